The van der Waals surface area contributed by atoms with Crippen LogP contribution >= 0.6 is 0 Å². The molecule has 0 unspecified atom stereocenters. The largest absolute Gasteiger partial charge is 0.484 e. The maximum absolute atomic E-state index is 13.7. The minimum atomic E-state index is -4.99. The second-order valence-electron chi connectivity index (χ2n) is 7.86. The summed E-state index contributed by atoms with van der Waals surface area (Å²) in [5.41, 5.74) is 1.14. The molecule has 0 aliphatic heterocycles. The summed E-state index contributed by atoms with van der Waals surface area (Å²) in [6.07, 6.45) is -4.99. The molecule has 0 bridgehead atoms. The summed E-state index contributed by atoms with van der Waals surface area (Å²) in [7, 11) is 0. The molecule has 35 heavy (non-hydrogen) atoms. The van der Waals surface area contributed by atoms with Gasteiger partial charge in [-0.25, -0.2) is 0 Å². The maximum Gasteiger partial charge on any atom is 0.453 e. The molecule has 4 rings (SSSR count). The number of nitrogens with one attached hydrogen (secondary N) is 1. The monoisotopic (exact) mass is 483 g/mol. The molecule has 0 spiro atoms. The molecule has 3 aromatic carbocycles. The molecule has 0 radical (unpaired) electrons. The first-order chi connectivity index (χ1) is 16.6. The molecule has 0 aliphatic carbocycles. The minimum Gasteiger partial charge on any atom is -0.484 e. The van der Waals surface area contributed by atoms with Crippen LogP contribution in [-0.4, -0.2) is 12.5 Å². The number of fused-ring (bicyclic) bond motifs is 1. The SMILES string of the molecule is Cc1ccc(NC(=O)COc2ccc3c(=O)c(Oc4ccc(C)cc4)c(C(F)(F)F)oc3c2)cc1. The van der Waals surface area contributed by atoms with Gasteiger partial charge in [0.15, 0.2) is 6.61 Å². The highest BCUT2D eigenvalue weighted by Crippen LogP contribution is 2.38. The molecule has 0 saturated carbocycles. The Morgan fingerprint density at radius 2 is 1.51 bits per heavy atom. The smallest absolute Gasteiger partial charge is 0.453 e. The Morgan fingerprint density at radius 1 is 0.914 bits per heavy atom. The zero-order chi connectivity index (χ0) is 25.2. The van der Waals surface area contributed by atoms with Crippen LogP contribution in [0.5, 0.6) is 17.2 Å². The summed E-state index contributed by atoms with van der Waals surface area (Å²) in [4.78, 5) is 25.0. The number of rotatable bonds is 6. The molecule has 1 amide bonds. The van der Waals surface area contributed by atoms with E-state index < -0.39 is 35.6 Å². The highest BCUT2D eigenvalue weighted by Gasteiger charge is 2.40. The van der Waals surface area contributed by atoms with Crippen LogP contribution in [0.2, 0.25) is 0 Å². The first-order valence-electron chi connectivity index (χ1n) is 10.5. The summed E-state index contributed by atoms with van der Waals surface area (Å²) < 4.78 is 56.9. The van der Waals surface area contributed by atoms with E-state index in [1.54, 1.807) is 31.2 Å². The summed E-state index contributed by atoms with van der Waals surface area (Å²) in [6.45, 7) is 3.32. The van der Waals surface area contributed by atoms with Crippen LogP contribution in [0.25, 0.3) is 11.0 Å². The number of carbonyl (C=O) groups excluding carboxylic acids is 1. The Labute approximate surface area is 197 Å². The van der Waals surface area contributed by atoms with E-state index in [2.05, 4.69) is 5.32 Å². The van der Waals surface area contributed by atoms with Gasteiger partial charge in [-0.2, -0.15) is 13.2 Å². The van der Waals surface area contributed by atoms with Crippen molar-refractivity contribution >= 4 is 22.6 Å². The fourth-order valence-electron chi connectivity index (χ4n) is 3.23. The number of carbonyl (C=O) groups is 1. The van der Waals surface area contributed by atoms with Gasteiger partial charge in [0.2, 0.25) is 11.2 Å². The first-order valence-corrected chi connectivity index (χ1v) is 10.5. The van der Waals surface area contributed by atoms with Gasteiger partial charge in [-0.05, 0) is 50.2 Å². The van der Waals surface area contributed by atoms with Crippen molar-refractivity contribution < 1.29 is 31.9 Å². The van der Waals surface area contributed by atoms with Crippen molar-refractivity contribution in [1.82, 2.24) is 0 Å². The molecule has 1 heterocycles. The summed E-state index contributed by atoms with van der Waals surface area (Å²) in [6, 6.07) is 17.1. The third kappa shape index (κ3) is 5.63. The quantitative estimate of drug-likeness (QED) is 0.351. The number of hydrogen-bond acceptors (Lipinski definition) is 5. The number of anilines is 1. The Bertz CT molecular complexity index is 1430. The van der Waals surface area contributed by atoms with E-state index in [0.717, 1.165) is 17.2 Å². The van der Waals surface area contributed by atoms with Crippen molar-refractivity contribution in [2.24, 2.45) is 0 Å². The summed E-state index contributed by atoms with van der Waals surface area (Å²) in [5, 5.41) is 2.52. The maximum atomic E-state index is 13.7. The molecule has 0 fully saturated rings. The highest BCUT2D eigenvalue weighted by molar-refractivity contribution is 5.92. The molecular weight excluding hydrogens is 463 g/mol. The normalized spacial score (nSPS) is 11.3. The highest BCUT2D eigenvalue weighted by atomic mass is 19.4. The molecule has 4 aromatic rings. The molecular formula is C26H20F3NO5. The lowest BCUT2D eigenvalue weighted by Crippen LogP contribution is -2.20. The van der Waals surface area contributed by atoms with E-state index in [1.807, 2.05) is 19.1 Å². The average molecular weight is 483 g/mol. The van der Waals surface area contributed by atoms with E-state index in [4.69, 9.17) is 13.9 Å². The van der Waals surface area contributed by atoms with Gasteiger partial charge < -0.3 is 19.2 Å². The van der Waals surface area contributed by atoms with Crippen LogP contribution in [0.4, 0.5) is 18.9 Å². The van der Waals surface area contributed by atoms with Crippen molar-refractivity contribution in [2.75, 3.05) is 11.9 Å². The van der Waals surface area contributed by atoms with Crippen LogP contribution in [0.1, 0.15) is 16.9 Å². The Balaban J connectivity index is 1.59. The van der Waals surface area contributed by atoms with Crippen molar-refractivity contribution in [2.45, 2.75) is 20.0 Å². The van der Waals surface area contributed by atoms with Crippen LogP contribution in [-0.2, 0) is 11.0 Å². The number of benzene rings is 3. The van der Waals surface area contributed by atoms with Crippen molar-refractivity contribution in [3.05, 3.63) is 93.8 Å². The summed E-state index contributed by atoms with van der Waals surface area (Å²) in [5.74, 6) is -2.87. The topological polar surface area (TPSA) is 77.8 Å². The molecule has 0 saturated heterocycles. The van der Waals surface area contributed by atoms with Gasteiger partial charge in [0.1, 0.15) is 17.1 Å². The van der Waals surface area contributed by atoms with Crippen LogP contribution in [0.3, 0.4) is 0 Å². The summed E-state index contributed by atoms with van der Waals surface area (Å²) >= 11 is 0. The second kappa shape index (κ2) is 9.54. The van der Waals surface area contributed by atoms with Gasteiger partial charge in [-0.1, -0.05) is 35.4 Å². The lowest BCUT2D eigenvalue weighted by molar-refractivity contribution is -0.154. The molecule has 9 heteroatoms. The predicted octanol–water partition coefficient (Wildman–Crippen LogP) is 6.24. The van der Waals surface area contributed by atoms with Gasteiger partial charge >= 0.3 is 6.18 Å². The number of halogens is 3. The minimum absolute atomic E-state index is 0.0556. The number of hydrogen-bond donors (Lipinski definition) is 1. The third-order valence-electron chi connectivity index (χ3n) is 5.03. The van der Waals surface area contributed by atoms with E-state index >= 15 is 0 Å². The van der Waals surface area contributed by atoms with Gasteiger partial charge in [0, 0.05) is 11.8 Å². The molecule has 1 N–H and O–H groups in total. The molecule has 6 nitrogen and oxygen atoms in total. The van der Waals surface area contributed by atoms with Gasteiger partial charge in [-0.3, -0.25) is 9.59 Å². The van der Waals surface area contributed by atoms with Crippen LogP contribution in [0.15, 0.2) is 75.9 Å². The third-order valence-corrected chi connectivity index (χ3v) is 5.03. The fourth-order valence-corrected chi connectivity index (χ4v) is 3.23. The molecule has 1 aromatic heterocycles. The number of amides is 1. The van der Waals surface area contributed by atoms with Crippen molar-refractivity contribution in [1.29, 1.82) is 0 Å². The lowest BCUT2D eigenvalue weighted by atomic mass is 10.2. The zero-order valence-corrected chi connectivity index (χ0v) is 18.7. The van der Waals surface area contributed by atoms with Crippen LogP contribution in [0, 0.1) is 13.8 Å². The van der Waals surface area contributed by atoms with E-state index in [0.29, 0.717) is 5.69 Å². The average Bonchev–Trinajstić information content (AvgIpc) is 2.81. The Morgan fingerprint density at radius 3 is 2.14 bits per heavy atom. The number of ether oxygens (including phenoxy) is 2. The van der Waals surface area contributed by atoms with Gasteiger partial charge in [0.05, 0.1) is 5.39 Å². The Kier molecular flexibility index (Phi) is 6.50. The zero-order valence-electron chi connectivity index (χ0n) is 18.7. The van der Waals surface area contributed by atoms with Gasteiger partial charge in [-0.15, -0.1) is 0 Å². The van der Waals surface area contributed by atoms with Crippen LogP contribution < -0.4 is 20.2 Å². The van der Waals surface area contributed by atoms with Crippen molar-refractivity contribution in [3.8, 4) is 17.2 Å². The predicted molar refractivity (Wildman–Crippen MR) is 124 cm³/mol. The molecule has 180 valence electrons. The molecule has 0 aliphatic rings. The standard InChI is InChI=1S/C26H20F3NO5/c1-15-3-7-17(8-4-15)30-22(31)14-33-19-11-12-20-21(13-19)35-25(26(27,28)29)24(23(20)32)34-18-9-5-16(2)6-10-18/h3-13H,14H2,1-2H3,(H,30,31). The van der Waals surface area contributed by atoms with E-state index in [9.17, 15) is 22.8 Å². The fraction of sp³-hybridized carbons (Fsp3) is 0.154. The van der Waals surface area contributed by atoms with Gasteiger partial charge in [0.25, 0.3) is 11.7 Å². The first kappa shape index (κ1) is 23.9. The Hall–Kier alpha value is -4.27. The van der Waals surface area contributed by atoms with Crippen molar-refractivity contribution in [3.63, 3.8) is 0 Å². The number of aryl methyl sites for hydroxylation is 2. The lowest BCUT2D eigenvalue weighted by Gasteiger charge is -2.14. The number of alkyl halides is 3. The van der Waals surface area contributed by atoms with E-state index in [-0.39, 0.29) is 22.5 Å². The second-order valence-corrected chi connectivity index (χ2v) is 7.86. The molecule has 0 atom stereocenters. The van der Waals surface area contributed by atoms with E-state index in [1.165, 1.54) is 24.3 Å².